The van der Waals surface area contributed by atoms with Gasteiger partial charge in [0.2, 0.25) is 10.0 Å². The van der Waals surface area contributed by atoms with E-state index >= 15 is 0 Å². The zero-order valence-electron chi connectivity index (χ0n) is 18.4. The summed E-state index contributed by atoms with van der Waals surface area (Å²) in [5, 5.41) is 13.5. The van der Waals surface area contributed by atoms with Crippen molar-refractivity contribution in [2.75, 3.05) is 19.4 Å². The number of amides is 1. The summed E-state index contributed by atoms with van der Waals surface area (Å²) in [5.41, 5.74) is -1.29. The molecule has 1 aromatic rings. The molecule has 4 saturated carbocycles. The van der Waals surface area contributed by atoms with Crippen molar-refractivity contribution in [2.24, 2.45) is 17.3 Å². The van der Waals surface area contributed by atoms with Crippen molar-refractivity contribution in [2.45, 2.75) is 62.0 Å². The van der Waals surface area contributed by atoms with Crippen molar-refractivity contribution in [1.82, 2.24) is 4.31 Å². The highest BCUT2D eigenvalue weighted by Crippen LogP contribution is 2.62. The van der Waals surface area contributed by atoms with E-state index in [1.54, 1.807) is 0 Å². The maximum absolute atomic E-state index is 13.1. The van der Waals surface area contributed by atoms with Gasteiger partial charge in [-0.3, -0.25) is 9.59 Å². The molecule has 2 N–H and O–H groups in total. The number of halogens is 1. The van der Waals surface area contributed by atoms with Crippen molar-refractivity contribution in [3.8, 4) is 0 Å². The second-order valence-corrected chi connectivity index (χ2v) is 12.5. The summed E-state index contributed by atoms with van der Waals surface area (Å²) in [7, 11) is -1.02. The molecule has 4 aliphatic rings. The molecule has 4 fully saturated rings. The topological polar surface area (TPSA) is 113 Å². The first-order valence-corrected chi connectivity index (χ1v) is 12.6. The summed E-state index contributed by atoms with van der Waals surface area (Å²) in [4.78, 5) is 25.7. The van der Waals surface area contributed by atoms with Crippen LogP contribution in [0.1, 0.15) is 45.4 Å². The molecule has 0 saturated heterocycles. The molecule has 4 bridgehead atoms. The predicted molar refractivity (Wildman–Crippen MR) is 119 cm³/mol. The predicted octanol–water partition coefficient (Wildman–Crippen LogP) is 2.79. The van der Waals surface area contributed by atoms with Gasteiger partial charge < -0.3 is 15.2 Å². The molecule has 0 aliphatic heterocycles. The lowest BCUT2D eigenvalue weighted by Gasteiger charge is -2.58. The van der Waals surface area contributed by atoms with Crippen LogP contribution in [0.3, 0.4) is 0 Å². The zero-order chi connectivity index (χ0) is 23.5. The van der Waals surface area contributed by atoms with E-state index in [4.69, 9.17) is 16.3 Å². The molecule has 4 aliphatic carbocycles. The van der Waals surface area contributed by atoms with E-state index < -0.39 is 39.0 Å². The number of anilines is 1. The fraction of sp³-hybridized carbons (Fsp3) is 0.636. The molecule has 8 nitrogen and oxygen atoms in total. The highest BCUT2D eigenvalue weighted by molar-refractivity contribution is 7.89. The van der Waals surface area contributed by atoms with E-state index in [-0.39, 0.29) is 15.6 Å². The van der Waals surface area contributed by atoms with Gasteiger partial charge in [-0.05, 0) is 75.5 Å². The summed E-state index contributed by atoms with van der Waals surface area (Å²) in [6.07, 6.45) is 3.23. The molecule has 0 heterocycles. The van der Waals surface area contributed by atoms with E-state index in [2.05, 4.69) is 5.32 Å². The second kappa shape index (κ2) is 7.97. The maximum Gasteiger partial charge on any atom is 0.312 e. The van der Waals surface area contributed by atoms with Gasteiger partial charge in [0.25, 0.3) is 5.91 Å². The monoisotopic (exact) mass is 484 g/mol. The lowest BCUT2D eigenvalue weighted by Crippen LogP contribution is -2.59. The number of esters is 1. The molecule has 1 amide bonds. The lowest BCUT2D eigenvalue weighted by atomic mass is 9.48. The summed E-state index contributed by atoms with van der Waals surface area (Å²) in [5.74, 6) is -0.356. The quantitative estimate of drug-likeness (QED) is 0.600. The van der Waals surface area contributed by atoms with Gasteiger partial charge in [0, 0.05) is 19.8 Å². The Labute approximate surface area is 193 Å². The number of benzene rings is 1. The minimum Gasteiger partial charge on any atom is -0.452 e. The van der Waals surface area contributed by atoms with Crippen LogP contribution in [0.25, 0.3) is 0 Å². The molecular formula is C22H29ClN2O6S. The third kappa shape index (κ3) is 4.16. The molecule has 0 radical (unpaired) electrons. The molecule has 5 rings (SSSR count). The molecule has 176 valence electrons. The van der Waals surface area contributed by atoms with E-state index in [1.807, 2.05) is 0 Å². The lowest BCUT2D eigenvalue weighted by molar-refractivity contribution is -0.199. The Hall–Kier alpha value is -1.68. The standard InChI is InChI=1S/C22H29ClN2O6S/c1-13(19(26)24-16-4-5-17(23)18(7-16)32(29,30)25(2)3)31-20(27)21-8-14-6-15(9-21)11-22(28,10-14)12-21/h4-5,7,13-15,28H,6,8-12H2,1-3H3,(H,24,26). The Morgan fingerprint density at radius 3 is 2.41 bits per heavy atom. The van der Waals surface area contributed by atoms with E-state index in [9.17, 15) is 23.1 Å². The van der Waals surface area contributed by atoms with Gasteiger partial charge in [-0.2, -0.15) is 0 Å². The van der Waals surface area contributed by atoms with Gasteiger partial charge >= 0.3 is 5.97 Å². The summed E-state index contributed by atoms with van der Waals surface area (Å²) in [6, 6.07) is 4.15. The van der Waals surface area contributed by atoms with Gasteiger partial charge in [-0.25, -0.2) is 12.7 Å². The summed E-state index contributed by atoms with van der Waals surface area (Å²) in [6.45, 7) is 1.48. The van der Waals surface area contributed by atoms with Crippen LogP contribution in [0.2, 0.25) is 5.02 Å². The molecule has 32 heavy (non-hydrogen) atoms. The van der Waals surface area contributed by atoms with Crippen LogP contribution in [0.5, 0.6) is 0 Å². The van der Waals surface area contributed by atoms with Crippen molar-refractivity contribution in [3.63, 3.8) is 0 Å². The number of hydrogen-bond donors (Lipinski definition) is 2. The first-order chi connectivity index (χ1) is 14.8. The Bertz CT molecular complexity index is 1040. The van der Waals surface area contributed by atoms with Gasteiger partial charge in [0.1, 0.15) is 4.90 Å². The van der Waals surface area contributed by atoms with Crippen LogP contribution >= 0.6 is 11.6 Å². The van der Waals surface area contributed by atoms with Crippen molar-refractivity contribution < 1.29 is 27.9 Å². The molecule has 10 heteroatoms. The van der Waals surface area contributed by atoms with Gasteiger partial charge in [-0.15, -0.1) is 0 Å². The average Bonchev–Trinajstić information content (AvgIpc) is 2.67. The normalized spacial score (nSPS) is 32.1. The van der Waals surface area contributed by atoms with Crippen molar-refractivity contribution in [1.29, 1.82) is 0 Å². The Morgan fingerprint density at radius 2 is 1.84 bits per heavy atom. The highest BCUT2D eigenvalue weighted by atomic mass is 35.5. The zero-order valence-corrected chi connectivity index (χ0v) is 20.0. The number of carbonyl (C=O) groups is 2. The third-order valence-electron chi connectivity index (χ3n) is 7.07. The molecule has 3 atom stereocenters. The number of sulfonamides is 1. The highest BCUT2D eigenvalue weighted by Gasteiger charge is 2.61. The Balaban J connectivity index is 1.45. The maximum atomic E-state index is 13.1. The van der Waals surface area contributed by atoms with Crippen LogP contribution in [-0.4, -0.2) is 55.5 Å². The van der Waals surface area contributed by atoms with E-state index in [1.165, 1.54) is 39.2 Å². The number of hydrogen-bond acceptors (Lipinski definition) is 6. The molecule has 0 aromatic heterocycles. The van der Waals surface area contributed by atoms with E-state index in [0.29, 0.717) is 31.1 Å². The Morgan fingerprint density at radius 1 is 1.22 bits per heavy atom. The number of ether oxygens (including phenoxy) is 1. The minimum atomic E-state index is -3.80. The number of rotatable bonds is 6. The van der Waals surface area contributed by atoms with Crippen LogP contribution in [0.4, 0.5) is 5.69 Å². The van der Waals surface area contributed by atoms with Crippen LogP contribution in [0, 0.1) is 17.3 Å². The average molecular weight is 485 g/mol. The van der Waals surface area contributed by atoms with Crippen molar-refractivity contribution >= 4 is 39.2 Å². The minimum absolute atomic E-state index is 0.0379. The molecule has 0 spiro atoms. The fourth-order valence-corrected chi connectivity index (χ4v) is 7.41. The number of carbonyl (C=O) groups excluding carboxylic acids is 2. The number of nitrogens with one attached hydrogen (secondary N) is 1. The van der Waals surface area contributed by atoms with Crippen LogP contribution < -0.4 is 5.32 Å². The SMILES string of the molecule is CC(OC(=O)C12CC3CC(CC(O)(C3)C1)C2)C(=O)Nc1ccc(Cl)c(S(=O)(=O)N(C)C)c1. The van der Waals surface area contributed by atoms with Gasteiger partial charge in [0.05, 0.1) is 16.0 Å². The fourth-order valence-electron chi connectivity index (χ4n) is 6.01. The summed E-state index contributed by atoms with van der Waals surface area (Å²) >= 11 is 6.05. The third-order valence-corrected chi connectivity index (χ3v) is 9.37. The van der Waals surface area contributed by atoms with Gasteiger partial charge in [-0.1, -0.05) is 11.6 Å². The molecule has 3 unspecified atom stereocenters. The first-order valence-electron chi connectivity index (χ1n) is 10.8. The second-order valence-electron chi connectivity index (χ2n) is 9.94. The largest absolute Gasteiger partial charge is 0.452 e. The van der Waals surface area contributed by atoms with E-state index in [0.717, 1.165) is 23.6 Å². The number of aliphatic hydroxyl groups is 1. The first kappa shape index (κ1) is 23.5. The van der Waals surface area contributed by atoms with Crippen molar-refractivity contribution in [3.05, 3.63) is 23.2 Å². The number of nitrogens with zero attached hydrogens (tertiary/aromatic N) is 1. The summed E-state index contributed by atoms with van der Waals surface area (Å²) < 4.78 is 31.5. The van der Waals surface area contributed by atoms with Crippen LogP contribution in [-0.2, 0) is 24.3 Å². The van der Waals surface area contributed by atoms with Crippen LogP contribution in [0.15, 0.2) is 23.1 Å². The smallest absolute Gasteiger partial charge is 0.312 e. The Kier molecular flexibility index (Phi) is 5.85. The molecule has 1 aromatic carbocycles. The van der Waals surface area contributed by atoms with Gasteiger partial charge in [0.15, 0.2) is 6.10 Å². The molecular weight excluding hydrogens is 456 g/mol.